The average molecular weight is 264 g/mol. The van der Waals surface area contributed by atoms with Gasteiger partial charge in [0.05, 0.1) is 0 Å². The fraction of sp³-hybridized carbons (Fsp3) is 0.357. The van der Waals surface area contributed by atoms with Gasteiger partial charge in [-0.3, -0.25) is 4.68 Å². The molecule has 0 spiro atoms. The molecule has 1 unspecified atom stereocenters. The van der Waals surface area contributed by atoms with Gasteiger partial charge in [-0.1, -0.05) is 23.7 Å². The first-order valence-corrected chi connectivity index (χ1v) is 6.45. The van der Waals surface area contributed by atoms with Gasteiger partial charge in [0.1, 0.15) is 0 Å². The summed E-state index contributed by atoms with van der Waals surface area (Å²) in [5.74, 6) is 0. The molecule has 2 rings (SSSR count). The highest BCUT2D eigenvalue weighted by Gasteiger charge is 2.11. The van der Waals surface area contributed by atoms with E-state index in [-0.39, 0.29) is 6.04 Å². The second-order valence-corrected chi connectivity index (χ2v) is 4.95. The van der Waals surface area contributed by atoms with Gasteiger partial charge >= 0.3 is 0 Å². The molecule has 0 saturated carbocycles. The Hall–Kier alpha value is -1.32. The molecule has 1 aromatic heterocycles. The van der Waals surface area contributed by atoms with E-state index in [0.29, 0.717) is 0 Å². The number of halogens is 1. The minimum atomic E-state index is 0.0126. The van der Waals surface area contributed by atoms with E-state index in [1.165, 1.54) is 5.69 Å². The Kier molecular flexibility index (Phi) is 4.04. The highest BCUT2D eigenvalue weighted by atomic mass is 35.5. The molecule has 0 radical (unpaired) electrons. The first kappa shape index (κ1) is 13.1. The molecule has 3 nitrogen and oxygen atoms in total. The molecule has 1 heterocycles. The van der Waals surface area contributed by atoms with Crippen molar-refractivity contribution in [1.29, 1.82) is 0 Å². The lowest BCUT2D eigenvalue weighted by Crippen LogP contribution is -2.13. The highest BCUT2D eigenvalue weighted by Crippen LogP contribution is 2.25. The van der Waals surface area contributed by atoms with E-state index in [2.05, 4.69) is 11.2 Å². The van der Waals surface area contributed by atoms with Gasteiger partial charge in [-0.2, -0.15) is 5.10 Å². The number of aromatic nitrogens is 2. The van der Waals surface area contributed by atoms with Gasteiger partial charge in [-0.05, 0) is 43.0 Å². The van der Waals surface area contributed by atoms with E-state index < -0.39 is 0 Å². The Morgan fingerprint density at radius 1 is 1.39 bits per heavy atom. The molecule has 0 bridgehead atoms. The molecule has 0 aliphatic carbocycles. The van der Waals surface area contributed by atoms with E-state index in [4.69, 9.17) is 17.3 Å². The average Bonchev–Trinajstić information content (AvgIpc) is 2.75. The van der Waals surface area contributed by atoms with Gasteiger partial charge in [0.15, 0.2) is 0 Å². The monoisotopic (exact) mass is 263 g/mol. The standard InChI is InChI=1S/C14H18ClN3/c1-10-12(4-3-5-13(10)15)14(16)7-6-11-8-9-17-18(11)2/h3-5,8-9,14H,6-7,16H2,1-2H3. The maximum atomic E-state index is 6.24. The fourth-order valence-corrected chi connectivity index (χ4v) is 2.31. The van der Waals surface area contributed by atoms with Crippen LogP contribution in [0.4, 0.5) is 0 Å². The van der Waals surface area contributed by atoms with Crippen LogP contribution >= 0.6 is 11.6 Å². The SMILES string of the molecule is Cc1c(Cl)cccc1C(N)CCc1ccnn1C. The van der Waals surface area contributed by atoms with Gasteiger partial charge in [0, 0.05) is 30.0 Å². The third-order valence-corrected chi connectivity index (χ3v) is 3.75. The van der Waals surface area contributed by atoms with Crippen LogP contribution in [-0.2, 0) is 13.5 Å². The molecule has 1 atom stereocenters. The Morgan fingerprint density at radius 2 is 2.17 bits per heavy atom. The van der Waals surface area contributed by atoms with Gasteiger partial charge in [0.2, 0.25) is 0 Å². The number of nitrogens with zero attached hydrogens (tertiary/aromatic N) is 2. The van der Waals surface area contributed by atoms with Gasteiger partial charge in [-0.25, -0.2) is 0 Å². The summed E-state index contributed by atoms with van der Waals surface area (Å²) in [5, 5.41) is 4.93. The van der Waals surface area contributed by atoms with Crippen LogP contribution in [0.3, 0.4) is 0 Å². The normalized spacial score (nSPS) is 12.7. The summed E-state index contributed by atoms with van der Waals surface area (Å²) in [7, 11) is 1.95. The van der Waals surface area contributed by atoms with Crippen molar-refractivity contribution in [1.82, 2.24) is 9.78 Å². The van der Waals surface area contributed by atoms with Crippen molar-refractivity contribution in [3.05, 3.63) is 52.3 Å². The Morgan fingerprint density at radius 3 is 2.83 bits per heavy atom. The number of hydrogen-bond acceptors (Lipinski definition) is 2. The van der Waals surface area contributed by atoms with Crippen LogP contribution < -0.4 is 5.73 Å². The fourth-order valence-electron chi connectivity index (χ4n) is 2.13. The van der Waals surface area contributed by atoms with Gasteiger partial charge < -0.3 is 5.73 Å². The summed E-state index contributed by atoms with van der Waals surface area (Å²) in [6.45, 7) is 2.02. The Bertz CT molecular complexity index is 534. The molecule has 0 aliphatic rings. The molecular weight excluding hydrogens is 246 g/mol. The lowest BCUT2D eigenvalue weighted by atomic mass is 9.97. The topological polar surface area (TPSA) is 43.8 Å². The van der Waals surface area contributed by atoms with Crippen LogP contribution in [0.2, 0.25) is 5.02 Å². The van der Waals surface area contributed by atoms with Gasteiger partial charge in [-0.15, -0.1) is 0 Å². The summed E-state index contributed by atoms with van der Waals surface area (Å²) < 4.78 is 1.89. The van der Waals surface area contributed by atoms with E-state index in [1.54, 1.807) is 0 Å². The van der Waals surface area contributed by atoms with Crippen LogP contribution in [0.5, 0.6) is 0 Å². The van der Waals surface area contributed by atoms with Crippen LogP contribution in [-0.4, -0.2) is 9.78 Å². The zero-order chi connectivity index (χ0) is 13.1. The van der Waals surface area contributed by atoms with E-state index in [9.17, 15) is 0 Å². The summed E-state index contributed by atoms with van der Waals surface area (Å²) in [6.07, 6.45) is 3.62. The zero-order valence-corrected chi connectivity index (χ0v) is 11.5. The van der Waals surface area contributed by atoms with Crippen LogP contribution in [0.1, 0.15) is 29.3 Å². The summed E-state index contributed by atoms with van der Waals surface area (Å²) in [5.41, 5.74) is 9.65. The lowest BCUT2D eigenvalue weighted by Gasteiger charge is -2.15. The molecular formula is C14H18ClN3. The summed E-state index contributed by atoms with van der Waals surface area (Å²) in [4.78, 5) is 0. The zero-order valence-electron chi connectivity index (χ0n) is 10.7. The summed E-state index contributed by atoms with van der Waals surface area (Å²) >= 11 is 6.11. The first-order valence-electron chi connectivity index (χ1n) is 6.07. The minimum absolute atomic E-state index is 0.0126. The molecule has 2 N–H and O–H groups in total. The molecule has 0 amide bonds. The summed E-state index contributed by atoms with van der Waals surface area (Å²) in [6, 6.07) is 7.94. The van der Waals surface area contributed by atoms with Crippen molar-refractivity contribution >= 4 is 11.6 Å². The lowest BCUT2D eigenvalue weighted by molar-refractivity contribution is 0.612. The predicted octanol–water partition coefficient (Wildman–Crippen LogP) is 3.01. The number of rotatable bonds is 4. The number of benzene rings is 1. The Balaban J connectivity index is 2.06. The smallest absolute Gasteiger partial charge is 0.0492 e. The second-order valence-electron chi connectivity index (χ2n) is 4.55. The van der Waals surface area contributed by atoms with Crippen molar-refractivity contribution in [2.45, 2.75) is 25.8 Å². The van der Waals surface area contributed by atoms with Crippen LogP contribution in [0, 0.1) is 6.92 Å². The quantitative estimate of drug-likeness (QED) is 0.922. The van der Waals surface area contributed by atoms with E-state index >= 15 is 0 Å². The largest absolute Gasteiger partial charge is 0.324 e. The first-order chi connectivity index (χ1) is 8.59. The number of aryl methyl sites for hydroxylation is 2. The van der Waals surface area contributed by atoms with Crippen molar-refractivity contribution < 1.29 is 0 Å². The van der Waals surface area contributed by atoms with Crippen molar-refractivity contribution in [3.63, 3.8) is 0 Å². The van der Waals surface area contributed by atoms with E-state index in [0.717, 1.165) is 29.0 Å². The maximum Gasteiger partial charge on any atom is 0.0492 e. The maximum absolute atomic E-state index is 6.24. The van der Waals surface area contributed by atoms with Gasteiger partial charge in [0.25, 0.3) is 0 Å². The van der Waals surface area contributed by atoms with E-state index in [1.807, 2.05) is 43.0 Å². The molecule has 96 valence electrons. The van der Waals surface area contributed by atoms with Crippen molar-refractivity contribution in [2.24, 2.45) is 12.8 Å². The number of nitrogens with two attached hydrogens (primary N) is 1. The third kappa shape index (κ3) is 2.74. The minimum Gasteiger partial charge on any atom is -0.324 e. The highest BCUT2D eigenvalue weighted by molar-refractivity contribution is 6.31. The predicted molar refractivity (Wildman–Crippen MR) is 74.6 cm³/mol. The molecule has 0 aliphatic heterocycles. The van der Waals surface area contributed by atoms with Crippen molar-refractivity contribution in [3.8, 4) is 0 Å². The van der Waals surface area contributed by atoms with Crippen LogP contribution in [0.25, 0.3) is 0 Å². The second kappa shape index (κ2) is 5.55. The molecule has 18 heavy (non-hydrogen) atoms. The van der Waals surface area contributed by atoms with Crippen molar-refractivity contribution in [2.75, 3.05) is 0 Å². The molecule has 1 aromatic carbocycles. The third-order valence-electron chi connectivity index (χ3n) is 3.34. The molecule has 0 fully saturated rings. The number of hydrogen-bond donors (Lipinski definition) is 1. The molecule has 0 saturated heterocycles. The molecule has 2 aromatic rings. The Labute approximate surface area is 113 Å². The van der Waals surface area contributed by atoms with Crippen LogP contribution in [0.15, 0.2) is 30.5 Å². The molecule has 4 heteroatoms.